The third-order valence-electron chi connectivity index (χ3n) is 2.22. The third kappa shape index (κ3) is 5.92. The van der Waals surface area contributed by atoms with Gasteiger partial charge in [-0.25, -0.2) is 0 Å². The maximum absolute atomic E-state index is 9.07. The highest BCUT2D eigenvalue weighted by molar-refractivity contribution is 9.10. The molecule has 1 rings (SSSR count). The van der Waals surface area contributed by atoms with E-state index in [1.165, 1.54) is 5.56 Å². The predicted molar refractivity (Wildman–Crippen MR) is 66.8 cm³/mol. The number of hydrogen-bond acceptors (Lipinski definition) is 2. The van der Waals surface area contributed by atoms with E-state index in [1.807, 2.05) is 19.1 Å². The molecule has 0 amide bonds. The molecule has 0 heterocycles. The van der Waals surface area contributed by atoms with Crippen LogP contribution in [0.4, 0.5) is 0 Å². The summed E-state index contributed by atoms with van der Waals surface area (Å²) in [6, 6.07) is 8.30. The molecule has 1 aromatic carbocycles. The van der Waals surface area contributed by atoms with Crippen molar-refractivity contribution in [3.8, 4) is 0 Å². The van der Waals surface area contributed by atoms with Crippen molar-refractivity contribution < 1.29 is 5.11 Å². The minimum Gasteiger partial charge on any atom is -0.393 e. The molecule has 1 aromatic rings. The van der Waals surface area contributed by atoms with Crippen LogP contribution < -0.4 is 5.32 Å². The van der Waals surface area contributed by atoms with Crippen molar-refractivity contribution in [1.82, 2.24) is 5.32 Å². The summed E-state index contributed by atoms with van der Waals surface area (Å²) in [5.41, 5.74) is 1.29. The topological polar surface area (TPSA) is 32.3 Å². The summed E-state index contributed by atoms with van der Waals surface area (Å²) in [4.78, 5) is 0. The summed E-state index contributed by atoms with van der Waals surface area (Å²) < 4.78 is 1.11. The lowest BCUT2D eigenvalue weighted by Crippen LogP contribution is -2.16. The Hall–Kier alpha value is -0.380. The van der Waals surface area contributed by atoms with Crippen molar-refractivity contribution >= 4 is 15.9 Å². The number of benzene rings is 1. The van der Waals surface area contributed by atoms with Crippen molar-refractivity contribution in [2.75, 3.05) is 6.54 Å². The molecule has 0 radical (unpaired) electrons. The van der Waals surface area contributed by atoms with Gasteiger partial charge in [-0.3, -0.25) is 0 Å². The van der Waals surface area contributed by atoms with Gasteiger partial charge >= 0.3 is 0 Å². The highest BCUT2D eigenvalue weighted by Crippen LogP contribution is 2.10. The van der Waals surface area contributed by atoms with Crippen LogP contribution in [0, 0.1) is 0 Å². The molecule has 0 spiro atoms. The first-order chi connectivity index (χ1) is 7.18. The summed E-state index contributed by atoms with van der Waals surface area (Å²) in [6.07, 6.45) is 1.71. The molecule has 2 N–H and O–H groups in total. The first-order valence-electron chi connectivity index (χ1n) is 5.31. The maximum Gasteiger partial charge on any atom is 0.0512 e. The van der Waals surface area contributed by atoms with Gasteiger partial charge in [0, 0.05) is 11.0 Å². The lowest BCUT2D eigenvalue weighted by atomic mass is 10.2. The van der Waals surface area contributed by atoms with Crippen LogP contribution in [0.15, 0.2) is 28.7 Å². The van der Waals surface area contributed by atoms with Gasteiger partial charge in [-0.15, -0.1) is 0 Å². The van der Waals surface area contributed by atoms with Gasteiger partial charge < -0.3 is 10.4 Å². The lowest BCUT2D eigenvalue weighted by molar-refractivity contribution is 0.181. The molecule has 15 heavy (non-hydrogen) atoms. The molecule has 1 atom stereocenters. The zero-order chi connectivity index (χ0) is 11.1. The van der Waals surface area contributed by atoms with Crippen molar-refractivity contribution in [2.24, 2.45) is 0 Å². The molecule has 84 valence electrons. The van der Waals surface area contributed by atoms with Crippen LogP contribution >= 0.6 is 15.9 Å². The molecule has 0 aliphatic heterocycles. The quantitative estimate of drug-likeness (QED) is 0.780. The van der Waals surface area contributed by atoms with Gasteiger partial charge in [0.15, 0.2) is 0 Å². The number of halogens is 1. The van der Waals surface area contributed by atoms with E-state index in [0.29, 0.717) is 0 Å². The molecule has 0 aliphatic carbocycles. The van der Waals surface area contributed by atoms with E-state index < -0.39 is 0 Å². The molecule has 0 bridgehead atoms. The average Bonchev–Trinajstić information content (AvgIpc) is 2.20. The molecular formula is C12H18BrNO. The fourth-order valence-corrected chi connectivity index (χ4v) is 1.62. The minimum absolute atomic E-state index is 0.181. The van der Waals surface area contributed by atoms with Crippen molar-refractivity contribution in [1.29, 1.82) is 0 Å². The van der Waals surface area contributed by atoms with Crippen LogP contribution in [-0.4, -0.2) is 17.8 Å². The molecule has 0 aliphatic rings. The lowest BCUT2D eigenvalue weighted by Gasteiger charge is -2.06. The number of nitrogens with one attached hydrogen (secondary N) is 1. The van der Waals surface area contributed by atoms with E-state index in [1.54, 1.807) is 0 Å². The van der Waals surface area contributed by atoms with E-state index >= 15 is 0 Å². The minimum atomic E-state index is -0.181. The van der Waals surface area contributed by atoms with Gasteiger partial charge in [0.1, 0.15) is 0 Å². The molecule has 2 nitrogen and oxygen atoms in total. The second kappa shape index (κ2) is 6.99. The van der Waals surface area contributed by atoms with Gasteiger partial charge in [0.25, 0.3) is 0 Å². The van der Waals surface area contributed by atoms with Crippen LogP contribution in [0.25, 0.3) is 0 Å². The smallest absolute Gasteiger partial charge is 0.0512 e. The molecule has 0 fully saturated rings. The first kappa shape index (κ1) is 12.7. The summed E-state index contributed by atoms with van der Waals surface area (Å²) in [6.45, 7) is 3.68. The Balaban J connectivity index is 2.12. The number of hydrogen-bond donors (Lipinski definition) is 2. The van der Waals surface area contributed by atoms with Gasteiger partial charge in [-0.05, 0) is 44.0 Å². The fraction of sp³-hybridized carbons (Fsp3) is 0.500. The van der Waals surface area contributed by atoms with E-state index in [4.69, 9.17) is 5.11 Å². The van der Waals surface area contributed by atoms with Crippen LogP contribution in [0.5, 0.6) is 0 Å². The molecule has 1 unspecified atom stereocenters. The normalized spacial score (nSPS) is 12.7. The predicted octanol–water partition coefficient (Wildman–Crippen LogP) is 2.70. The largest absolute Gasteiger partial charge is 0.393 e. The van der Waals surface area contributed by atoms with E-state index in [2.05, 4.69) is 33.4 Å². The number of rotatable bonds is 6. The maximum atomic E-state index is 9.07. The first-order valence-corrected chi connectivity index (χ1v) is 6.11. The summed E-state index contributed by atoms with van der Waals surface area (Å²) in [5.74, 6) is 0. The monoisotopic (exact) mass is 271 g/mol. The van der Waals surface area contributed by atoms with Gasteiger partial charge in [0.05, 0.1) is 6.10 Å². The van der Waals surface area contributed by atoms with E-state index in [9.17, 15) is 0 Å². The number of aliphatic hydroxyl groups is 1. The highest BCUT2D eigenvalue weighted by atomic mass is 79.9. The highest BCUT2D eigenvalue weighted by Gasteiger charge is 1.95. The van der Waals surface area contributed by atoms with Crippen molar-refractivity contribution in [2.45, 2.75) is 32.4 Å². The van der Waals surface area contributed by atoms with Gasteiger partial charge in [-0.2, -0.15) is 0 Å². The Labute approximate surface area is 99.8 Å². The second-order valence-corrected chi connectivity index (χ2v) is 4.71. The van der Waals surface area contributed by atoms with Crippen LogP contribution in [0.1, 0.15) is 25.3 Å². The van der Waals surface area contributed by atoms with E-state index in [0.717, 1.165) is 30.4 Å². The zero-order valence-corrected chi connectivity index (χ0v) is 10.6. The van der Waals surface area contributed by atoms with E-state index in [-0.39, 0.29) is 6.10 Å². The third-order valence-corrected chi connectivity index (χ3v) is 2.75. The van der Waals surface area contributed by atoms with Crippen LogP contribution in [-0.2, 0) is 6.54 Å². The molecular weight excluding hydrogens is 254 g/mol. The standard InChI is InChI=1S/C12H18BrNO/c1-10(15)3-2-8-14-9-11-4-6-12(13)7-5-11/h4-7,10,14-15H,2-3,8-9H2,1H3. The summed E-state index contributed by atoms with van der Waals surface area (Å²) >= 11 is 3.41. The Kier molecular flexibility index (Phi) is 5.91. The molecule has 0 saturated heterocycles. The van der Waals surface area contributed by atoms with Crippen LogP contribution in [0.2, 0.25) is 0 Å². The Morgan fingerprint density at radius 2 is 2.00 bits per heavy atom. The molecule has 0 saturated carbocycles. The van der Waals surface area contributed by atoms with Crippen molar-refractivity contribution in [3.63, 3.8) is 0 Å². The summed E-state index contributed by atoms with van der Waals surface area (Å²) in [7, 11) is 0. The zero-order valence-electron chi connectivity index (χ0n) is 9.04. The Morgan fingerprint density at radius 3 is 2.60 bits per heavy atom. The SMILES string of the molecule is CC(O)CCCNCc1ccc(Br)cc1. The number of aliphatic hydroxyl groups excluding tert-OH is 1. The average molecular weight is 272 g/mol. The fourth-order valence-electron chi connectivity index (χ4n) is 1.36. The Morgan fingerprint density at radius 1 is 1.33 bits per heavy atom. The molecule has 3 heteroatoms. The van der Waals surface area contributed by atoms with Crippen molar-refractivity contribution in [3.05, 3.63) is 34.3 Å². The second-order valence-electron chi connectivity index (χ2n) is 3.79. The summed E-state index contributed by atoms with van der Waals surface area (Å²) in [5, 5.41) is 12.4. The Bertz CT molecular complexity index is 271. The van der Waals surface area contributed by atoms with Gasteiger partial charge in [-0.1, -0.05) is 28.1 Å². The van der Waals surface area contributed by atoms with Gasteiger partial charge in [0.2, 0.25) is 0 Å². The van der Waals surface area contributed by atoms with Crippen LogP contribution in [0.3, 0.4) is 0 Å². The molecule has 0 aromatic heterocycles.